The van der Waals surface area contributed by atoms with Crippen LogP contribution in [0.1, 0.15) is 47.0 Å². The summed E-state index contributed by atoms with van der Waals surface area (Å²) >= 11 is 0. The molecule has 0 amide bonds. The second-order valence-corrected chi connectivity index (χ2v) is 9.41. The van der Waals surface area contributed by atoms with Gasteiger partial charge in [0.15, 0.2) is 11.4 Å². The number of cyclic esters (lactones) is 1. The third-order valence-corrected chi connectivity index (χ3v) is 6.95. The second-order valence-electron chi connectivity index (χ2n) is 9.41. The van der Waals surface area contributed by atoms with E-state index in [4.69, 9.17) is 14.6 Å². The smallest absolute Gasteiger partial charge is 0.343 e. The van der Waals surface area contributed by atoms with E-state index >= 15 is 0 Å². The highest BCUT2D eigenvalue weighted by Crippen LogP contribution is 2.63. The molecule has 0 bridgehead atoms. The topological polar surface area (TPSA) is 110 Å². The third kappa shape index (κ3) is 3.54. The Morgan fingerprint density at radius 3 is 2.57 bits per heavy atom. The van der Waals surface area contributed by atoms with Gasteiger partial charge >= 0.3 is 11.9 Å². The monoisotopic (exact) mass is 418 g/mol. The van der Waals surface area contributed by atoms with Gasteiger partial charge in [-0.05, 0) is 37.3 Å². The Bertz CT molecular complexity index is 834. The lowest BCUT2D eigenvalue weighted by Crippen LogP contribution is -2.65. The van der Waals surface area contributed by atoms with Gasteiger partial charge in [0.1, 0.15) is 18.8 Å². The van der Waals surface area contributed by atoms with Gasteiger partial charge in [0, 0.05) is 23.0 Å². The second kappa shape index (κ2) is 7.78. The Balaban J connectivity index is 1.87. The minimum atomic E-state index is -1.70. The van der Waals surface area contributed by atoms with Gasteiger partial charge in [-0.2, -0.15) is 0 Å². The Kier molecular flexibility index (Phi) is 5.82. The Morgan fingerprint density at radius 1 is 1.23 bits per heavy atom. The summed E-state index contributed by atoms with van der Waals surface area (Å²) in [4.78, 5) is 36.3. The van der Waals surface area contributed by atoms with Gasteiger partial charge in [-0.25, -0.2) is 9.59 Å². The van der Waals surface area contributed by atoms with E-state index in [9.17, 15) is 19.5 Å². The molecular weight excluding hydrogens is 388 g/mol. The SMILES string of the molecule is C[C@H](O)C(=O)/C=C/C=C/C(=O)O[C@@H]1C=C2COC(=O)[C@]2(O)[C@]2(C)CCCC(C)(C)[C@@H]12. The predicted molar refractivity (Wildman–Crippen MR) is 108 cm³/mol. The molecule has 2 fully saturated rings. The first-order valence-corrected chi connectivity index (χ1v) is 10.3. The van der Waals surface area contributed by atoms with Crippen molar-refractivity contribution in [1.82, 2.24) is 0 Å². The lowest BCUT2D eigenvalue weighted by Gasteiger charge is -2.59. The predicted octanol–water partition coefficient (Wildman–Crippen LogP) is 2.02. The van der Waals surface area contributed by atoms with Crippen LogP contribution < -0.4 is 0 Å². The van der Waals surface area contributed by atoms with Crippen molar-refractivity contribution in [2.24, 2.45) is 16.7 Å². The van der Waals surface area contributed by atoms with Crippen LogP contribution in [0.15, 0.2) is 36.0 Å². The van der Waals surface area contributed by atoms with Gasteiger partial charge in [-0.3, -0.25) is 4.79 Å². The summed E-state index contributed by atoms with van der Waals surface area (Å²) in [5.74, 6) is -1.96. The van der Waals surface area contributed by atoms with E-state index in [2.05, 4.69) is 13.8 Å². The quantitative estimate of drug-likeness (QED) is 0.304. The zero-order valence-electron chi connectivity index (χ0n) is 17.9. The van der Waals surface area contributed by atoms with Crippen LogP contribution in [-0.4, -0.2) is 52.4 Å². The summed E-state index contributed by atoms with van der Waals surface area (Å²) in [7, 11) is 0. The van der Waals surface area contributed by atoms with Crippen molar-refractivity contribution in [1.29, 1.82) is 0 Å². The molecule has 0 spiro atoms. The maximum Gasteiger partial charge on any atom is 0.343 e. The van der Waals surface area contributed by atoms with Crippen LogP contribution in [0, 0.1) is 16.7 Å². The first kappa shape index (κ1) is 22.4. The first-order valence-electron chi connectivity index (χ1n) is 10.3. The Labute approximate surface area is 176 Å². The van der Waals surface area contributed by atoms with E-state index in [-0.39, 0.29) is 17.9 Å². The minimum absolute atomic E-state index is 0.00778. The van der Waals surface area contributed by atoms with E-state index in [1.165, 1.54) is 31.2 Å². The number of rotatable bonds is 5. The highest BCUT2D eigenvalue weighted by atomic mass is 16.6. The average Bonchev–Trinajstić information content (AvgIpc) is 2.94. The van der Waals surface area contributed by atoms with E-state index in [0.717, 1.165) is 12.8 Å². The number of carbonyl (C=O) groups excluding carboxylic acids is 3. The molecule has 0 aromatic rings. The highest BCUT2D eigenvalue weighted by molar-refractivity contribution is 5.93. The lowest BCUT2D eigenvalue weighted by atomic mass is 9.46. The molecule has 1 aliphatic heterocycles. The van der Waals surface area contributed by atoms with Crippen molar-refractivity contribution >= 4 is 17.7 Å². The van der Waals surface area contributed by atoms with Crippen LogP contribution in [0.25, 0.3) is 0 Å². The van der Waals surface area contributed by atoms with Gasteiger partial charge in [-0.15, -0.1) is 0 Å². The van der Waals surface area contributed by atoms with Crippen LogP contribution in [0.5, 0.6) is 0 Å². The molecule has 0 aromatic carbocycles. The molecule has 3 aliphatic rings. The number of aliphatic hydroxyl groups is 2. The van der Waals surface area contributed by atoms with E-state index in [1.54, 1.807) is 6.08 Å². The van der Waals surface area contributed by atoms with Crippen molar-refractivity contribution in [3.8, 4) is 0 Å². The standard InChI is InChI=1S/C23H30O7/c1-14(24)16(25)8-5-6-9-18(26)30-17-12-15-13-29-20(27)23(15,28)22(4)11-7-10-21(2,3)19(17)22/h5-6,8-9,12,14,17,19,24,28H,7,10-11,13H2,1-4H3/b8-5+,9-6+/t14-,17+,19+,22+,23-/m0/s1. The molecule has 2 N–H and O–H groups in total. The average molecular weight is 418 g/mol. The van der Waals surface area contributed by atoms with Gasteiger partial charge < -0.3 is 19.7 Å². The minimum Gasteiger partial charge on any atom is -0.459 e. The molecule has 7 nitrogen and oxygen atoms in total. The summed E-state index contributed by atoms with van der Waals surface area (Å²) in [6.45, 7) is 7.38. The summed E-state index contributed by atoms with van der Waals surface area (Å²) in [6.07, 6.45) is 7.44. The van der Waals surface area contributed by atoms with Crippen molar-refractivity contribution in [3.05, 3.63) is 36.0 Å². The number of hydrogen-bond acceptors (Lipinski definition) is 7. The fourth-order valence-electron chi connectivity index (χ4n) is 5.54. The fraction of sp³-hybridized carbons (Fsp3) is 0.609. The molecule has 1 heterocycles. The number of aliphatic hydroxyl groups excluding tert-OH is 1. The van der Waals surface area contributed by atoms with Crippen LogP contribution in [0.2, 0.25) is 0 Å². The maximum absolute atomic E-state index is 12.5. The van der Waals surface area contributed by atoms with Crippen LogP contribution in [-0.2, 0) is 23.9 Å². The molecule has 0 radical (unpaired) electrons. The molecule has 2 aliphatic carbocycles. The lowest BCUT2D eigenvalue weighted by molar-refractivity contribution is -0.194. The van der Waals surface area contributed by atoms with Gasteiger partial charge in [0.2, 0.25) is 0 Å². The number of fused-ring (bicyclic) bond motifs is 3. The molecule has 1 saturated heterocycles. The molecule has 3 rings (SSSR count). The summed E-state index contributed by atoms with van der Waals surface area (Å²) in [5, 5.41) is 20.6. The van der Waals surface area contributed by atoms with E-state index in [1.807, 2.05) is 6.92 Å². The largest absolute Gasteiger partial charge is 0.459 e. The fourth-order valence-corrected chi connectivity index (χ4v) is 5.54. The number of esters is 2. The van der Waals surface area contributed by atoms with Crippen LogP contribution in [0.4, 0.5) is 0 Å². The number of ketones is 1. The van der Waals surface area contributed by atoms with Crippen LogP contribution in [0.3, 0.4) is 0 Å². The summed E-state index contributed by atoms with van der Waals surface area (Å²) in [6, 6.07) is 0. The molecule has 164 valence electrons. The van der Waals surface area contributed by atoms with Crippen molar-refractivity contribution in [2.75, 3.05) is 6.61 Å². The number of hydrogen-bond donors (Lipinski definition) is 2. The molecule has 1 saturated carbocycles. The van der Waals surface area contributed by atoms with Gasteiger partial charge in [0.05, 0.1) is 0 Å². The van der Waals surface area contributed by atoms with Crippen molar-refractivity contribution < 1.29 is 34.1 Å². The molecule has 0 aromatic heterocycles. The first-order chi connectivity index (χ1) is 13.9. The van der Waals surface area contributed by atoms with Crippen molar-refractivity contribution in [2.45, 2.75) is 64.8 Å². The zero-order chi connectivity index (χ0) is 22.3. The maximum atomic E-state index is 12.5. The molecule has 30 heavy (non-hydrogen) atoms. The molecule has 7 heteroatoms. The molecule has 5 atom stereocenters. The Hall–Kier alpha value is -2.25. The number of ether oxygens (including phenoxy) is 2. The van der Waals surface area contributed by atoms with Gasteiger partial charge in [-0.1, -0.05) is 39.3 Å². The van der Waals surface area contributed by atoms with Crippen LogP contribution >= 0.6 is 0 Å². The summed E-state index contributed by atoms with van der Waals surface area (Å²) in [5.41, 5.74) is -2.33. The summed E-state index contributed by atoms with van der Waals surface area (Å²) < 4.78 is 10.9. The Morgan fingerprint density at radius 2 is 1.90 bits per heavy atom. The number of allylic oxidation sites excluding steroid dienone is 2. The number of carbonyl (C=O) groups is 3. The van der Waals surface area contributed by atoms with Crippen molar-refractivity contribution in [3.63, 3.8) is 0 Å². The van der Waals surface area contributed by atoms with Gasteiger partial charge in [0.25, 0.3) is 0 Å². The third-order valence-electron chi connectivity index (χ3n) is 6.95. The van der Waals surface area contributed by atoms with E-state index in [0.29, 0.717) is 12.0 Å². The highest BCUT2D eigenvalue weighted by Gasteiger charge is 2.69. The molecule has 0 unspecified atom stereocenters. The normalized spacial score (nSPS) is 36.1. The molecular formula is C23H30O7. The zero-order valence-corrected chi connectivity index (χ0v) is 17.9. The van der Waals surface area contributed by atoms with E-state index < -0.39 is 40.9 Å².